The molecule has 0 aromatic heterocycles. The molecule has 2 amide bonds. The van der Waals surface area contributed by atoms with Crippen molar-refractivity contribution in [1.29, 1.82) is 0 Å². The van der Waals surface area contributed by atoms with Crippen LogP contribution in [-0.2, 0) is 9.59 Å². The van der Waals surface area contributed by atoms with Crippen molar-refractivity contribution in [2.24, 2.45) is 5.73 Å². The third kappa shape index (κ3) is 3.21. The van der Waals surface area contributed by atoms with Gasteiger partial charge in [-0.3, -0.25) is 9.59 Å². The number of ether oxygens (including phenoxy) is 1. The summed E-state index contributed by atoms with van der Waals surface area (Å²) >= 11 is 3.39. The molecule has 1 aliphatic rings. The van der Waals surface area contributed by atoms with Gasteiger partial charge in [0.25, 0.3) is 5.91 Å². The van der Waals surface area contributed by atoms with Crippen LogP contribution < -0.4 is 20.7 Å². The van der Waals surface area contributed by atoms with Crippen molar-refractivity contribution in [1.82, 2.24) is 0 Å². The number of hydrogen-bond donors (Lipinski definition) is 2. The van der Waals surface area contributed by atoms with E-state index in [4.69, 9.17) is 10.5 Å². The number of primary amides is 1. The molecule has 6 nitrogen and oxygen atoms in total. The monoisotopic (exact) mass is 389 g/mol. The number of benzene rings is 2. The summed E-state index contributed by atoms with van der Waals surface area (Å²) in [6, 6.07) is 12.0. The first-order valence-electron chi connectivity index (χ1n) is 7.30. The summed E-state index contributed by atoms with van der Waals surface area (Å²) < 4.78 is 6.26. The Hall–Kier alpha value is -2.54. The summed E-state index contributed by atoms with van der Waals surface area (Å²) in [5.74, 6) is 0.00493. The highest BCUT2D eigenvalue weighted by molar-refractivity contribution is 9.10. The average Bonchev–Trinajstić information content (AvgIpc) is 2.56. The van der Waals surface area contributed by atoms with Crippen LogP contribution >= 0.6 is 15.9 Å². The van der Waals surface area contributed by atoms with Gasteiger partial charge in [-0.25, -0.2) is 0 Å². The Morgan fingerprint density at radius 1 is 1.33 bits per heavy atom. The lowest BCUT2D eigenvalue weighted by molar-refractivity contribution is -0.121. The molecular formula is C17H16BrN3O3. The van der Waals surface area contributed by atoms with Gasteiger partial charge in [-0.1, -0.05) is 28.1 Å². The molecule has 3 N–H and O–H groups in total. The smallest absolute Gasteiger partial charge is 0.264 e. The first-order valence-corrected chi connectivity index (χ1v) is 8.10. The molecule has 0 fully saturated rings. The van der Waals surface area contributed by atoms with E-state index in [0.717, 1.165) is 10.0 Å². The van der Waals surface area contributed by atoms with Gasteiger partial charge in [-0.15, -0.1) is 0 Å². The van der Waals surface area contributed by atoms with E-state index in [0.29, 0.717) is 17.1 Å². The number of carbonyl (C=O) groups is 2. The van der Waals surface area contributed by atoms with Crippen LogP contribution in [-0.4, -0.2) is 25.5 Å². The van der Waals surface area contributed by atoms with Crippen molar-refractivity contribution >= 4 is 39.1 Å². The molecule has 3 rings (SSSR count). The molecule has 0 radical (unpaired) electrons. The highest BCUT2D eigenvalue weighted by Crippen LogP contribution is 2.34. The summed E-state index contributed by atoms with van der Waals surface area (Å²) in [5, 5.41) is 3.12. The number of carbonyl (C=O) groups excluding carboxylic acids is 2. The van der Waals surface area contributed by atoms with Crippen molar-refractivity contribution in [2.75, 3.05) is 23.9 Å². The number of halogens is 1. The first-order chi connectivity index (χ1) is 11.5. The molecule has 0 saturated heterocycles. The van der Waals surface area contributed by atoms with E-state index in [1.54, 1.807) is 25.2 Å². The van der Waals surface area contributed by atoms with Crippen LogP contribution in [0.25, 0.3) is 0 Å². The van der Waals surface area contributed by atoms with Crippen molar-refractivity contribution in [3.05, 3.63) is 52.5 Å². The van der Waals surface area contributed by atoms with Gasteiger partial charge in [0.1, 0.15) is 11.8 Å². The molecule has 1 unspecified atom stereocenters. The topological polar surface area (TPSA) is 84.7 Å². The Bertz CT molecular complexity index is 809. The number of nitrogens with zero attached hydrogens (tertiary/aromatic N) is 1. The molecule has 124 valence electrons. The number of nitrogens with one attached hydrogen (secondary N) is 1. The largest absolute Gasteiger partial charge is 0.482 e. The van der Waals surface area contributed by atoms with E-state index in [9.17, 15) is 9.59 Å². The lowest BCUT2D eigenvalue weighted by Gasteiger charge is -2.27. The highest BCUT2D eigenvalue weighted by Gasteiger charge is 2.24. The number of rotatable bonds is 4. The minimum atomic E-state index is -0.689. The van der Waals surface area contributed by atoms with Gasteiger partial charge >= 0.3 is 0 Å². The molecule has 0 spiro atoms. The molecule has 0 bridgehead atoms. The van der Waals surface area contributed by atoms with E-state index in [2.05, 4.69) is 21.2 Å². The molecule has 1 aliphatic heterocycles. The third-order valence-corrected chi connectivity index (χ3v) is 4.32. The summed E-state index contributed by atoms with van der Waals surface area (Å²) in [5.41, 5.74) is 7.61. The molecule has 0 saturated carbocycles. The summed E-state index contributed by atoms with van der Waals surface area (Å²) in [7, 11) is 1.69. The van der Waals surface area contributed by atoms with Crippen molar-refractivity contribution in [3.8, 4) is 5.75 Å². The molecule has 7 heteroatoms. The van der Waals surface area contributed by atoms with Gasteiger partial charge in [0, 0.05) is 17.2 Å². The van der Waals surface area contributed by atoms with Crippen molar-refractivity contribution in [3.63, 3.8) is 0 Å². The lowest BCUT2D eigenvalue weighted by atomic mass is 10.1. The minimum absolute atomic E-state index is 0.0260. The number of fused-ring (bicyclic) bond motifs is 1. The van der Waals surface area contributed by atoms with Crippen LogP contribution in [0.4, 0.5) is 11.4 Å². The molecular weight excluding hydrogens is 374 g/mol. The zero-order valence-corrected chi connectivity index (χ0v) is 14.5. The fraction of sp³-hybridized carbons (Fsp3) is 0.176. The van der Waals surface area contributed by atoms with E-state index < -0.39 is 11.9 Å². The zero-order valence-electron chi connectivity index (χ0n) is 13.0. The Morgan fingerprint density at radius 3 is 2.83 bits per heavy atom. The second-order valence-electron chi connectivity index (χ2n) is 5.46. The van der Waals surface area contributed by atoms with Gasteiger partial charge in [-0.2, -0.15) is 0 Å². The maximum Gasteiger partial charge on any atom is 0.264 e. The van der Waals surface area contributed by atoms with Gasteiger partial charge < -0.3 is 20.7 Å². The fourth-order valence-corrected chi connectivity index (χ4v) is 2.95. The first kappa shape index (κ1) is 16.3. The molecule has 2 aromatic carbocycles. The van der Waals surface area contributed by atoms with E-state index >= 15 is 0 Å². The van der Waals surface area contributed by atoms with Gasteiger partial charge in [0.2, 0.25) is 5.91 Å². The molecule has 2 aromatic rings. The number of anilines is 2. The van der Waals surface area contributed by atoms with Gasteiger partial charge in [-0.05, 0) is 35.9 Å². The normalized spacial score (nSPS) is 14.6. The summed E-state index contributed by atoms with van der Waals surface area (Å²) in [6.45, 7) is 0.0260. The molecule has 1 atom stereocenters. The quantitative estimate of drug-likeness (QED) is 0.840. The summed E-state index contributed by atoms with van der Waals surface area (Å²) in [6.07, 6.45) is 0. The van der Waals surface area contributed by atoms with Crippen LogP contribution in [0.15, 0.2) is 46.9 Å². The Balaban J connectivity index is 1.91. The average molecular weight is 390 g/mol. The van der Waals surface area contributed by atoms with Crippen LogP contribution in [0.5, 0.6) is 5.75 Å². The van der Waals surface area contributed by atoms with Crippen molar-refractivity contribution in [2.45, 2.75) is 6.04 Å². The Labute approximate surface area is 147 Å². The molecule has 0 aliphatic carbocycles. The van der Waals surface area contributed by atoms with Crippen LogP contribution in [0, 0.1) is 0 Å². The van der Waals surface area contributed by atoms with Crippen LogP contribution in [0.1, 0.15) is 11.6 Å². The predicted molar refractivity (Wildman–Crippen MR) is 95.0 cm³/mol. The minimum Gasteiger partial charge on any atom is -0.482 e. The third-order valence-electron chi connectivity index (χ3n) is 3.82. The predicted octanol–water partition coefficient (Wildman–Crippen LogP) is 2.44. The standard InChI is InChI=1S/C17H16BrN3O3/c1-21-13-8-12(5-6-14(13)24-9-15(21)22)20-16(17(19)23)10-3-2-4-11(18)7-10/h2-8,16,20H,9H2,1H3,(H2,19,23). The number of likely N-dealkylation sites (N-methyl/N-ethyl adjacent to an activating group) is 1. The van der Waals surface area contributed by atoms with E-state index in [1.165, 1.54) is 4.90 Å². The van der Waals surface area contributed by atoms with E-state index in [1.807, 2.05) is 24.3 Å². The molecule has 24 heavy (non-hydrogen) atoms. The second-order valence-corrected chi connectivity index (χ2v) is 6.37. The van der Waals surface area contributed by atoms with Gasteiger partial charge in [0.15, 0.2) is 6.61 Å². The molecule has 1 heterocycles. The van der Waals surface area contributed by atoms with Crippen LogP contribution in [0.2, 0.25) is 0 Å². The number of hydrogen-bond acceptors (Lipinski definition) is 4. The maximum absolute atomic E-state index is 11.9. The van der Waals surface area contributed by atoms with Gasteiger partial charge in [0.05, 0.1) is 5.69 Å². The number of nitrogens with two attached hydrogens (primary N) is 1. The van der Waals surface area contributed by atoms with E-state index in [-0.39, 0.29) is 12.5 Å². The lowest BCUT2D eigenvalue weighted by Crippen LogP contribution is -2.35. The maximum atomic E-state index is 11.9. The highest BCUT2D eigenvalue weighted by atomic mass is 79.9. The SMILES string of the molecule is CN1C(=O)COc2ccc(NC(C(N)=O)c3cccc(Br)c3)cc21. The summed E-state index contributed by atoms with van der Waals surface area (Å²) in [4.78, 5) is 25.2. The fourth-order valence-electron chi connectivity index (χ4n) is 2.53. The van der Waals surface area contributed by atoms with Crippen molar-refractivity contribution < 1.29 is 14.3 Å². The zero-order chi connectivity index (χ0) is 17.3. The van der Waals surface area contributed by atoms with Crippen LogP contribution in [0.3, 0.4) is 0 Å². The Kier molecular flexibility index (Phi) is 4.44. The number of amides is 2. The Morgan fingerprint density at radius 2 is 2.12 bits per heavy atom. The second kappa shape index (κ2) is 6.52.